The van der Waals surface area contributed by atoms with Gasteiger partial charge in [0.25, 0.3) is 5.91 Å². The lowest BCUT2D eigenvalue weighted by atomic mass is 10.1. The summed E-state index contributed by atoms with van der Waals surface area (Å²) in [6, 6.07) is 11.9. The highest BCUT2D eigenvalue weighted by Gasteiger charge is 2.22. The summed E-state index contributed by atoms with van der Waals surface area (Å²) in [5.41, 5.74) is 1.78. The number of hydrogen-bond acceptors (Lipinski definition) is 3. The number of carbonyl (C=O) groups is 1. The summed E-state index contributed by atoms with van der Waals surface area (Å²) >= 11 is 0. The van der Waals surface area contributed by atoms with Gasteiger partial charge in [0, 0.05) is 17.5 Å². The number of hydrogen-bond donors (Lipinski definition) is 1. The lowest BCUT2D eigenvalue weighted by Crippen LogP contribution is -2.35. The first kappa shape index (κ1) is 13.8. The number of amides is 1. The Kier molecular flexibility index (Phi) is 3.22. The number of aromatic nitrogens is 2. The van der Waals surface area contributed by atoms with Crippen LogP contribution in [0.25, 0.3) is 10.9 Å². The molecule has 4 rings (SSSR count). The van der Waals surface area contributed by atoms with E-state index >= 15 is 0 Å². The van der Waals surface area contributed by atoms with Crippen LogP contribution < -0.4 is 10.1 Å². The summed E-state index contributed by atoms with van der Waals surface area (Å²) in [5, 5.41) is 7.97. The molecule has 0 fully saturated rings. The molecule has 116 valence electrons. The molecule has 0 atom stereocenters. The molecule has 6 heteroatoms. The number of carbonyl (C=O) groups excluding carboxylic acids is 1. The van der Waals surface area contributed by atoms with Crippen molar-refractivity contribution in [3.63, 3.8) is 0 Å². The smallest absolute Gasteiger partial charge is 0.270 e. The van der Waals surface area contributed by atoms with Gasteiger partial charge in [0.2, 0.25) is 0 Å². The molecular formula is C17H14FN3O2. The fourth-order valence-corrected chi connectivity index (χ4v) is 2.74. The van der Waals surface area contributed by atoms with Gasteiger partial charge >= 0.3 is 0 Å². The third-order valence-corrected chi connectivity index (χ3v) is 3.89. The van der Waals surface area contributed by atoms with Crippen LogP contribution >= 0.6 is 0 Å². The van der Waals surface area contributed by atoms with E-state index in [1.54, 1.807) is 35.0 Å². The predicted octanol–water partition coefficient (Wildman–Crippen LogP) is 2.50. The average molecular weight is 311 g/mol. The van der Waals surface area contributed by atoms with Crippen molar-refractivity contribution in [2.45, 2.75) is 13.2 Å². The minimum atomic E-state index is -0.295. The summed E-state index contributed by atoms with van der Waals surface area (Å²) in [4.78, 5) is 12.0. The van der Waals surface area contributed by atoms with Crippen LogP contribution in [0, 0.1) is 5.82 Å². The lowest BCUT2D eigenvalue weighted by Gasteiger charge is -2.14. The van der Waals surface area contributed by atoms with Crippen molar-refractivity contribution < 1.29 is 13.9 Å². The minimum absolute atomic E-state index is 0.133. The molecule has 1 aliphatic rings. The first-order valence-electron chi connectivity index (χ1n) is 7.37. The highest BCUT2D eigenvalue weighted by molar-refractivity contribution is 6.05. The number of fused-ring (bicyclic) bond motifs is 3. The van der Waals surface area contributed by atoms with Gasteiger partial charge in [0.05, 0.1) is 12.1 Å². The van der Waals surface area contributed by atoms with Crippen LogP contribution in [-0.2, 0) is 13.2 Å². The van der Waals surface area contributed by atoms with Gasteiger partial charge in [-0.25, -0.2) is 4.39 Å². The molecule has 3 aromatic rings. The molecule has 0 aliphatic carbocycles. The Morgan fingerprint density at radius 1 is 1.26 bits per heavy atom. The van der Waals surface area contributed by atoms with Crippen molar-refractivity contribution in [2.24, 2.45) is 0 Å². The Morgan fingerprint density at radius 2 is 2.13 bits per heavy atom. The van der Waals surface area contributed by atoms with E-state index in [9.17, 15) is 9.18 Å². The van der Waals surface area contributed by atoms with Crippen molar-refractivity contribution >= 4 is 16.8 Å². The van der Waals surface area contributed by atoms with Crippen LogP contribution in [0.1, 0.15) is 16.1 Å². The SMILES string of the molecule is O=C1NCCn2nc3ccc(OCc4ccccc4F)cc3c21. The molecular weight excluding hydrogens is 297 g/mol. The van der Waals surface area contributed by atoms with E-state index in [4.69, 9.17) is 4.74 Å². The Morgan fingerprint density at radius 3 is 3.00 bits per heavy atom. The molecule has 1 aromatic heterocycles. The van der Waals surface area contributed by atoms with E-state index in [-0.39, 0.29) is 18.3 Å². The standard InChI is InChI=1S/C17H14FN3O2/c18-14-4-2-1-3-11(14)10-23-12-5-6-15-13(9-12)16-17(22)19-7-8-21(16)20-15/h1-6,9H,7-8,10H2,(H,19,22). The number of nitrogens with zero attached hydrogens (tertiary/aromatic N) is 2. The average Bonchev–Trinajstić information content (AvgIpc) is 2.93. The maximum absolute atomic E-state index is 13.6. The molecule has 2 aromatic carbocycles. The van der Waals surface area contributed by atoms with Gasteiger partial charge in [0.15, 0.2) is 0 Å². The van der Waals surface area contributed by atoms with Gasteiger partial charge < -0.3 is 10.1 Å². The third-order valence-electron chi connectivity index (χ3n) is 3.89. The second kappa shape index (κ2) is 5.39. The molecule has 2 heterocycles. The van der Waals surface area contributed by atoms with Crippen molar-refractivity contribution in [2.75, 3.05) is 6.54 Å². The fraction of sp³-hybridized carbons (Fsp3) is 0.176. The van der Waals surface area contributed by atoms with E-state index in [0.29, 0.717) is 30.1 Å². The van der Waals surface area contributed by atoms with E-state index < -0.39 is 0 Å². The van der Waals surface area contributed by atoms with Gasteiger partial charge in [-0.05, 0) is 24.3 Å². The molecule has 0 radical (unpaired) electrons. The van der Waals surface area contributed by atoms with Gasteiger partial charge in [-0.3, -0.25) is 9.48 Å². The summed E-state index contributed by atoms with van der Waals surface area (Å²) in [7, 11) is 0. The van der Waals surface area contributed by atoms with Gasteiger partial charge in [0.1, 0.15) is 23.9 Å². The van der Waals surface area contributed by atoms with Crippen molar-refractivity contribution in [3.05, 3.63) is 59.5 Å². The summed E-state index contributed by atoms with van der Waals surface area (Å²) in [5.74, 6) is 0.149. The van der Waals surface area contributed by atoms with E-state index in [1.807, 2.05) is 6.07 Å². The van der Waals surface area contributed by atoms with Crippen LogP contribution in [0.3, 0.4) is 0 Å². The zero-order valence-electron chi connectivity index (χ0n) is 12.3. The Hall–Kier alpha value is -2.89. The second-order valence-electron chi connectivity index (χ2n) is 5.39. The molecule has 0 unspecified atom stereocenters. The Bertz CT molecular complexity index is 904. The summed E-state index contributed by atoms with van der Waals surface area (Å²) < 4.78 is 21.0. The minimum Gasteiger partial charge on any atom is -0.489 e. The molecule has 0 bridgehead atoms. The van der Waals surface area contributed by atoms with Crippen molar-refractivity contribution in [1.82, 2.24) is 15.1 Å². The number of benzene rings is 2. The van der Waals surface area contributed by atoms with Gasteiger partial charge in [-0.15, -0.1) is 0 Å². The number of rotatable bonds is 3. The highest BCUT2D eigenvalue weighted by atomic mass is 19.1. The largest absolute Gasteiger partial charge is 0.489 e. The number of halogens is 1. The first-order valence-corrected chi connectivity index (χ1v) is 7.37. The molecule has 1 amide bonds. The van der Waals surface area contributed by atoms with Crippen LogP contribution in [0.4, 0.5) is 4.39 Å². The van der Waals surface area contributed by atoms with E-state index in [1.165, 1.54) is 6.07 Å². The van der Waals surface area contributed by atoms with Gasteiger partial charge in [-0.1, -0.05) is 18.2 Å². The maximum atomic E-state index is 13.6. The normalized spacial score (nSPS) is 13.7. The zero-order valence-corrected chi connectivity index (χ0v) is 12.3. The predicted molar refractivity (Wildman–Crippen MR) is 82.8 cm³/mol. The maximum Gasteiger partial charge on any atom is 0.270 e. The van der Waals surface area contributed by atoms with E-state index in [2.05, 4.69) is 10.4 Å². The van der Waals surface area contributed by atoms with Crippen molar-refractivity contribution in [3.8, 4) is 5.75 Å². The van der Waals surface area contributed by atoms with Crippen LogP contribution in [0.15, 0.2) is 42.5 Å². The van der Waals surface area contributed by atoms with Gasteiger partial charge in [-0.2, -0.15) is 5.10 Å². The second-order valence-corrected chi connectivity index (χ2v) is 5.39. The van der Waals surface area contributed by atoms with Crippen LogP contribution in [-0.4, -0.2) is 22.2 Å². The molecule has 1 N–H and O–H groups in total. The first-order chi connectivity index (χ1) is 11.2. The topological polar surface area (TPSA) is 56.2 Å². The quantitative estimate of drug-likeness (QED) is 0.808. The highest BCUT2D eigenvalue weighted by Crippen LogP contribution is 2.25. The number of nitrogens with one attached hydrogen (secondary N) is 1. The molecule has 23 heavy (non-hydrogen) atoms. The van der Waals surface area contributed by atoms with E-state index in [0.717, 1.165) is 10.9 Å². The summed E-state index contributed by atoms with van der Waals surface area (Å²) in [6.45, 7) is 1.37. The fourth-order valence-electron chi connectivity index (χ4n) is 2.74. The molecule has 1 aliphatic heterocycles. The lowest BCUT2D eigenvalue weighted by molar-refractivity contribution is 0.0926. The molecule has 5 nitrogen and oxygen atoms in total. The monoisotopic (exact) mass is 311 g/mol. The van der Waals surface area contributed by atoms with Crippen LogP contribution in [0.5, 0.6) is 5.75 Å². The molecule has 0 spiro atoms. The Labute approximate surface area is 131 Å². The van der Waals surface area contributed by atoms with Crippen molar-refractivity contribution in [1.29, 1.82) is 0 Å². The Balaban J connectivity index is 1.65. The number of ether oxygens (including phenoxy) is 1. The zero-order chi connectivity index (χ0) is 15.8. The molecule has 0 saturated heterocycles. The third kappa shape index (κ3) is 2.42. The molecule has 0 saturated carbocycles. The van der Waals surface area contributed by atoms with Crippen LogP contribution in [0.2, 0.25) is 0 Å². The summed E-state index contributed by atoms with van der Waals surface area (Å²) in [6.07, 6.45) is 0.